The third kappa shape index (κ3) is 1.42. The molecular formula is C9H6BrFN2. The van der Waals surface area contributed by atoms with E-state index in [1.807, 2.05) is 19.1 Å². The van der Waals surface area contributed by atoms with E-state index in [9.17, 15) is 4.39 Å². The van der Waals surface area contributed by atoms with Gasteiger partial charge < -0.3 is 0 Å². The fourth-order valence-corrected chi connectivity index (χ4v) is 1.51. The van der Waals surface area contributed by atoms with E-state index in [-0.39, 0.29) is 5.82 Å². The van der Waals surface area contributed by atoms with Crippen molar-refractivity contribution in [2.75, 3.05) is 0 Å². The van der Waals surface area contributed by atoms with E-state index < -0.39 is 0 Å². The molecule has 0 aliphatic heterocycles. The Morgan fingerprint density at radius 2 is 2.15 bits per heavy atom. The number of hydrogen-bond acceptors (Lipinski definition) is 2. The van der Waals surface area contributed by atoms with Gasteiger partial charge in [0.25, 0.3) is 0 Å². The number of nitrogens with zero attached hydrogens (tertiary/aromatic N) is 2. The summed E-state index contributed by atoms with van der Waals surface area (Å²) < 4.78 is 13.4. The predicted molar refractivity (Wildman–Crippen MR) is 51.9 cm³/mol. The van der Waals surface area contributed by atoms with Crippen molar-refractivity contribution in [1.29, 1.82) is 0 Å². The first-order valence-electron chi connectivity index (χ1n) is 3.76. The van der Waals surface area contributed by atoms with E-state index in [1.165, 1.54) is 6.20 Å². The van der Waals surface area contributed by atoms with Crippen LogP contribution in [0.5, 0.6) is 0 Å². The van der Waals surface area contributed by atoms with Gasteiger partial charge in [0.1, 0.15) is 5.52 Å². The minimum absolute atomic E-state index is 0.376. The molecule has 0 saturated heterocycles. The lowest BCUT2D eigenvalue weighted by Crippen LogP contribution is -1.89. The van der Waals surface area contributed by atoms with Crippen molar-refractivity contribution in [3.8, 4) is 0 Å². The SMILES string of the molecule is Cc1ccc2ncc(F)c(Br)c2n1. The van der Waals surface area contributed by atoms with Crippen molar-refractivity contribution in [2.45, 2.75) is 6.92 Å². The van der Waals surface area contributed by atoms with Gasteiger partial charge in [-0.3, -0.25) is 9.97 Å². The van der Waals surface area contributed by atoms with Gasteiger partial charge in [-0.25, -0.2) is 4.39 Å². The summed E-state index contributed by atoms with van der Waals surface area (Å²) in [6.45, 7) is 1.86. The van der Waals surface area contributed by atoms with Gasteiger partial charge in [-0.15, -0.1) is 0 Å². The average molecular weight is 241 g/mol. The highest BCUT2D eigenvalue weighted by atomic mass is 79.9. The molecule has 0 aliphatic rings. The van der Waals surface area contributed by atoms with Crippen molar-refractivity contribution in [1.82, 2.24) is 9.97 Å². The zero-order chi connectivity index (χ0) is 9.42. The quantitative estimate of drug-likeness (QED) is 0.708. The van der Waals surface area contributed by atoms with Crippen LogP contribution in [0.2, 0.25) is 0 Å². The predicted octanol–water partition coefficient (Wildman–Crippen LogP) is 2.84. The Morgan fingerprint density at radius 1 is 1.38 bits per heavy atom. The summed E-state index contributed by atoms with van der Waals surface area (Å²) in [5.41, 5.74) is 2.11. The Bertz CT molecular complexity index is 465. The second-order valence-corrected chi connectivity index (χ2v) is 3.53. The molecule has 2 aromatic heterocycles. The zero-order valence-corrected chi connectivity index (χ0v) is 8.47. The van der Waals surface area contributed by atoms with Crippen LogP contribution in [0.3, 0.4) is 0 Å². The highest BCUT2D eigenvalue weighted by Crippen LogP contribution is 2.23. The molecule has 0 unspecified atom stereocenters. The van der Waals surface area contributed by atoms with Gasteiger partial charge in [-0.05, 0) is 35.0 Å². The van der Waals surface area contributed by atoms with Crippen molar-refractivity contribution < 1.29 is 4.39 Å². The third-order valence-electron chi connectivity index (χ3n) is 1.75. The summed E-state index contributed by atoms with van der Waals surface area (Å²) in [6.07, 6.45) is 1.18. The molecule has 0 atom stereocenters. The Balaban J connectivity index is 2.89. The summed E-state index contributed by atoms with van der Waals surface area (Å²) in [7, 11) is 0. The van der Waals surface area contributed by atoms with Crippen molar-refractivity contribution in [3.63, 3.8) is 0 Å². The Hall–Kier alpha value is -1.03. The Labute approximate surface area is 83.0 Å². The van der Waals surface area contributed by atoms with Gasteiger partial charge in [0.15, 0.2) is 5.82 Å². The second-order valence-electron chi connectivity index (χ2n) is 2.74. The number of pyridine rings is 2. The van der Waals surface area contributed by atoms with Crippen LogP contribution in [0.25, 0.3) is 11.0 Å². The number of aromatic nitrogens is 2. The standard InChI is InChI=1S/C9H6BrFN2/c1-5-2-3-7-9(13-5)8(10)6(11)4-12-7/h2-4H,1H3. The lowest BCUT2D eigenvalue weighted by atomic mass is 10.3. The molecule has 0 saturated carbocycles. The van der Waals surface area contributed by atoms with Crippen LogP contribution in [0, 0.1) is 12.7 Å². The summed E-state index contributed by atoms with van der Waals surface area (Å²) >= 11 is 3.14. The number of aryl methyl sites for hydroxylation is 1. The van der Waals surface area contributed by atoms with Crippen molar-refractivity contribution in [2.24, 2.45) is 0 Å². The first-order valence-corrected chi connectivity index (χ1v) is 4.55. The molecule has 2 aromatic rings. The Kier molecular flexibility index (Phi) is 2.00. The number of halogens is 2. The first kappa shape index (κ1) is 8.56. The van der Waals surface area contributed by atoms with Crippen LogP contribution < -0.4 is 0 Å². The fraction of sp³-hybridized carbons (Fsp3) is 0.111. The lowest BCUT2D eigenvalue weighted by Gasteiger charge is -2.00. The molecule has 0 bridgehead atoms. The topological polar surface area (TPSA) is 25.8 Å². The van der Waals surface area contributed by atoms with Gasteiger partial charge >= 0.3 is 0 Å². The normalized spacial score (nSPS) is 10.7. The van der Waals surface area contributed by atoms with Gasteiger partial charge in [0, 0.05) is 5.69 Å². The molecule has 0 aromatic carbocycles. The minimum atomic E-state index is -0.384. The highest BCUT2D eigenvalue weighted by molar-refractivity contribution is 9.10. The molecule has 0 spiro atoms. The molecule has 0 N–H and O–H groups in total. The molecule has 0 aliphatic carbocycles. The number of fused-ring (bicyclic) bond motifs is 1. The molecular weight excluding hydrogens is 235 g/mol. The molecule has 13 heavy (non-hydrogen) atoms. The van der Waals surface area contributed by atoms with Gasteiger partial charge in [0.05, 0.1) is 16.2 Å². The van der Waals surface area contributed by atoms with E-state index in [2.05, 4.69) is 25.9 Å². The first-order chi connectivity index (χ1) is 6.18. The summed E-state index contributed by atoms with van der Waals surface area (Å²) in [5.74, 6) is -0.384. The van der Waals surface area contributed by atoms with E-state index >= 15 is 0 Å². The molecule has 0 amide bonds. The van der Waals surface area contributed by atoms with E-state index in [0.29, 0.717) is 15.5 Å². The van der Waals surface area contributed by atoms with Crippen LogP contribution in [-0.2, 0) is 0 Å². The van der Waals surface area contributed by atoms with Gasteiger partial charge in [0.2, 0.25) is 0 Å². The maximum atomic E-state index is 13.0. The maximum absolute atomic E-state index is 13.0. The van der Waals surface area contributed by atoms with E-state index in [0.717, 1.165) is 5.69 Å². The monoisotopic (exact) mass is 240 g/mol. The largest absolute Gasteiger partial charge is 0.251 e. The van der Waals surface area contributed by atoms with Gasteiger partial charge in [-0.1, -0.05) is 0 Å². The second kappa shape index (κ2) is 3.03. The summed E-state index contributed by atoms with van der Waals surface area (Å²) in [5, 5.41) is 0. The number of rotatable bonds is 0. The average Bonchev–Trinajstić information content (AvgIpc) is 2.12. The van der Waals surface area contributed by atoms with Gasteiger partial charge in [-0.2, -0.15) is 0 Å². The van der Waals surface area contributed by atoms with Crippen LogP contribution in [0.15, 0.2) is 22.8 Å². The molecule has 0 radical (unpaired) electrons. The Morgan fingerprint density at radius 3 is 2.92 bits per heavy atom. The molecule has 0 fully saturated rings. The number of hydrogen-bond donors (Lipinski definition) is 0. The highest BCUT2D eigenvalue weighted by Gasteiger charge is 2.06. The van der Waals surface area contributed by atoms with Crippen LogP contribution in [0.1, 0.15) is 5.69 Å². The van der Waals surface area contributed by atoms with Crippen LogP contribution in [-0.4, -0.2) is 9.97 Å². The summed E-state index contributed by atoms with van der Waals surface area (Å²) in [4.78, 5) is 8.10. The van der Waals surface area contributed by atoms with Crippen LogP contribution in [0.4, 0.5) is 4.39 Å². The smallest absolute Gasteiger partial charge is 0.157 e. The minimum Gasteiger partial charge on any atom is -0.251 e. The van der Waals surface area contributed by atoms with E-state index in [1.54, 1.807) is 0 Å². The zero-order valence-electron chi connectivity index (χ0n) is 6.88. The van der Waals surface area contributed by atoms with Crippen LogP contribution >= 0.6 is 15.9 Å². The lowest BCUT2D eigenvalue weighted by molar-refractivity contribution is 0.617. The molecule has 2 nitrogen and oxygen atoms in total. The molecule has 66 valence electrons. The fourth-order valence-electron chi connectivity index (χ4n) is 1.11. The molecule has 2 heterocycles. The maximum Gasteiger partial charge on any atom is 0.157 e. The van der Waals surface area contributed by atoms with Crippen molar-refractivity contribution in [3.05, 3.63) is 34.3 Å². The molecule has 2 rings (SSSR count). The van der Waals surface area contributed by atoms with Crippen molar-refractivity contribution >= 4 is 27.0 Å². The van der Waals surface area contributed by atoms with E-state index in [4.69, 9.17) is 0 Å². The molecule has 4 heteroatoms. The third-order valence-corrected chi connectivity index (χ3v) is 2.50. The summed E-state index contributed by atoms with van der Waals surface area (Å²) in [6, 6.07) is 3.67.